The molecular formula is C33H41F5N6O4. The minimum atomic E-state index is -5.06. The number of carbonyl (C=O) groups is 1. The van der Waals surface area contributed by atoms with Gasteiger partial charge in [0.25, 0.3) is 11.8 Å². The Morgan fingerprint density at radius 3 is 2.31 bits per heavy atom. The molecule has 0 spiro atoms. The number of fused-ring (bicyclic) bond motifs is 1. The van der Waals surface area contributed by atoms with Crippen LogP contribution in [-0.2, 0) is 28.1 Å². The van der Waals surface area contributed by atoms with E-state index in [0.29, 0.717) is 50.4 Å². The number of piperidine rings is 2. The summed E-state index contributed by atoms with van der Waals surface area (Å²) in [7, 11) is 3.86. The molecule has 3 aromatic rings. The molecule has 2 atom stereocenters. The average Bonchev–Trinajstić information content (AvgIpc) is 3.39. The number of nitrogens with zero attached hydrogens (tertiary/aromatic N) is 4. The average molecular weight is 681 g/mol. The van der Waals surface area contributed by atoms with Crippen LogP contribution in [0.2, 0.25) is 0 Å². The lowest BCUT2D eigenvalue weighted by molar-refractivity contribution is -0.225. The number of aromatic amines is 1. The number of nitrogens with one attached hydrogen (secondary N) is 1. The van der Waals surface area contributed by atoms with Crippen LogP contribution in [0.25, 0.3) is 11.0 Å². The van der Waals surface area contributed by atoms with Crippen molar-refractivity contribution in [2.45, 2.75) is 68.8 Å². The molecule has 2 aliphatic rings. The molecule has 1 aromatic heterocycles. The summed E-state index contributed by atoms with van der Waals surface area (Å²) in [5.41, 5.74) is 2.83. The molecule has 4 N–H and O–H groups in total. The quantitative estimate of drug-likeness (QED) is 0.127. The fourth-order valence-corrected chi connectivity index (χ4v) is 6.70. The number of likely N-dealkylation sites (tertiary alicyclic amines) is 2. The van der Waals surface area contributed by atoms with Gasteiger partial charge in [-0.15, -0.1) is 0 Å². The predicted molar refractivity (Wildman–Crippen MR) is 170 cm³/mol. The molecule has 48 heavy (non-hydrogen) atoms. The van der Waals surface area contributed by atoms with E-state index in [1.807, 2.05) is 37.2 Å². The number of benzene rings is 2. The Labute approximate surface area is 274 Å². The highest BCUT2D eigenvalue weighted by molar-refractivity contribution is 5.81. The van der Waals surface area contributed by atoms with Gasteiger partial charge in [0.05, 0.1) is 22.3 Å². The second kappa shape index (κ2) is 14.0. The van der Waals surface area contributed by atoms with Gasteiger partial charge >= 0.3 is 11.9 Å². The van der Waals surface area contributed by atoms with Crippen molar-refractivity contribution in [2.75, 3.05) is 46.0 Å². The van der Waals surface area contributed by atoms with Crippen molar-refractivity contribution in [2.24, 2.45) is 0 Å². The number of nitrogens with two attached hydrogens (primary N) is 1. The van der Waals surface area contributed by atoms with Crippen LogP contribution >= 0.6 is 0 Å². The number of para-hydroxylation sites is 2. The van der Waals surface area contributed by atoms with Crippen molar-refractivity contribution in [3.63, 3.8) is 0 Å². The van der Waals surface area contributed by atoms with E-state index < -0.39 is 53.8 Å². The first kappa shape index (κ1) is 35.5. The first-order chi connectivity index (χ1) is 22.6. The zero-order chi connectivity index (χ0) is 35.0. The zero-order valence-corrected chi connectivity index (χ0v) is 26.8. The number of aromatic nitrogens is 2. The molecule has 2 aromatic carbocycles. The third-order valence-corrected chi connectivity index (χ3v) is 9.45. The summed E-state index contributed by atoms with van der Waals surface area (Å²) in [5, 5.41) is 11.2. The molecule has 0 saturated carbocycles. The van der Waals surface area contributed by atoms with Gasteiger partial charge in [-0.1, -0.05) is 18.7 Å². The summed E-state index contributed by atoms with van der Waals surface area (Å²) in [5.74, 6) is -4.46. The molecular weight excluding hydrogens is 639 g/mol. The number of allylic oxidation sites excluding steroid dienone is 1. The lowest BCUT2D eigenvalue weighted by Crippen LogP contribution is -2.51. The summed E-state index contributed by atoms with van der Waals surface area (Å²) in [6, 6.07) is 8.81. The van der Waals surface area contributed by atoms with Gasteiger partial charge in [0.1, 0.15) is 6.10 Å². The van der Waals surface area contributed by atoms with Crippen LogP contribution in [0.5, 0.6) is 0 Å². The molecule has 262 valence electrons. The molecule has 15 heteroatoms. The minimum Gasteiger partial charge on any atom is -0.398 e. The number of hydrogen-bond acceptors (Lipinski definition) is 7. The van der Waals surface area contributed by atoms with E-state index in [0.717, 1.165) is 11.6 Å². The molecule has 5 rings (SSSR count). The maximum Gasteiger partial charge on any atom is 0.418 e. The number of hydrogen-bond donors (Lipinski definition) is 3. The molecule has 2 fully saturated rings. The Balaban J connectivity index is 1.38. The second-order valence-electron chi connectivity index (χ2n) is 12.7. The number of aliphatic hydroxyl groups is 1. The molecule has 10 nitrogen and oxygen atoms in total. The number of anilines is 1. The first-order valence-electron chi connectivity index (χ1n) is 15.8. The zero-order valence-electron chi connectivity index (χ0n) is 26.8. The van der Waals surface area contributed by atoms with Gasteiger partial charge in [-0.3, -0.25) is 14.3 Å². The molecule has 3 heterocycles. The lowest BCUT2D eigenvalue weighted by atomic mass is 9.94. The van der Waals surface area contributed by atoms with Crippen LogP contribution in [0.15, 0.2) is 53.8 Å². The van der Waals surface area contributed by atoms with Crippen molar-refractivity contribution in [3.8, 4) is 0 Å². The highest BCUT2D eigenvalue weighted by Gasteiger charge is 2.40. The van der Waals surface area contributed by atoms with Crippen molar-refractivity contribution in [3.05, 3.63) is 76.2 Å². The van der Waals surface area contributed by atoms with Crippen molar-refractivity contribution >= 4 is 22.6 Å². The van der Waals surface area contributed by atoms with Crippen LogP contribution in [0.4, 0.5) is 27.6 Å². The number of halogens is 5. The molecule has 1 unspecified atom stereocenters. The van der Waals surface area contributed by atoms with Gasteiger partial charge in [0.2, 0.25) is 6.41 Å². The first-order valence-corrected chi connectivity index (χ1v) is 15.8. The van der Waals surface area contributed by atoms with Crippen molar-refractivity contribution in [1.82, 2.24) is 24.3 Å². The predicted octanol–water partition coefficient (Wildman–Crippen LogP) is 4.30. The third kappa shape index (κ3) is 7.43. The Kier molecular flexibility index (Phi) is 10.3. The monoisotopic (exact) mass is 680 g/mol. The number of rotatable bonds is 10. The minimum absolute atomic E-state index is 0.173. The highest BCUT2D eigenvalue weighted by atomic mass is 19.4. The van der Waals surface area contributed by atoms with Gasteiger partial charge in [0.15, 0.2) is 0 Å². The van der Waals surface area contributed by atoms with Crippen LogP contribution in [-0.4, -0.2) is 94.1 Å². The number of ether oxygens (including phenoxy) is 1. The summed E-state index contributed by atoms with van der Waals surface area (Å²) in [6.45, 7) is 4.29. The third-order valence-electron chi connectivity index (χ3n) is 9.45. The standard InChI is InChI=1S/C33H41F5N6O4/c1-4-32(34,35)23-17-20(18-24(28(23)39)33(36,37)38)19-27(29(45)42-13-9-21(10-14-42)41(2)3)48-31(47)43-15-11-22(12-16-43)44-26-8-6-5-7-25(26)40-30(44)46/h4-8,17-18,21-22,27,31,47H,1,9-16,19,39H2,2-3H3,(H,40,46)/t27-,31?/m1/s1. The summed E-state index contributed by atoms with van der Waals surface area (Å²) < 4.78 is 78.9. The van der Waals surface area contributed by atoms with E-state index in [1.54, 1.807) is 15.5 Å². The van der Waals surface area contributed by atoms with Crippen molar-refractivity contribution < 1.29 is 36.6 Å². The number of nitrogen functional groups attached to an aromatic ring is 1. The number of H-pyrrole nitrogens is 1. The van der Waals surface area contributed by atoms with Crippen LogP contribution in [0.3, 0.4) is 0 Å². The van der Waals surface area contributed by atoms with Gasteiger partial charge in [-0.2, -0.15) is 22.0 Å². The summed E-state index contributed by atoms with van der Waals surface area (Å²) >= 11 is 0. The normalized spacial score (nSPS) is 18.8. The Morgan fingerprint density at radius 2 is 1.71 bits per heavy atom. The summed E-state index contributed by atoms with van der Waals surface area (Å²) in [6.07, 6.45) is -6.31. The van der Waals surface area contributed by atoms with Gasteiger partial charge in [0, 0.05) is 50.2 Å². The van der Waals surface area contributed by atoms with Crippen molar-refractivity contribution in [1.29, 1.82) is 0 Å². The molecule has 0 aliphatic carbocycles. The largest absolute Gasteiger partial charge is 0.418 e. The molecule has 0 radical (unpaired) electrons. The second-order valence-corrected chi connectivity index (χ2v) is 12.7. The molecule has 2 saturated heterocycles. The number of alkyl halides is 5. The Bertz CT molecular complexity index is 1670. The fraction of sp³-hybridized carbons (Fsp3) is 0.515. The van der Waals surface area contributed by atoms with E-state index >= 15 is 0 Å². The van der Waals surface area contributed by atoms with Crippen LogP contribution in [0, 0.1) is 0 Å². The van der Waals surface area contributed by atoms with E-state index in [1.165, 1.54) is 4.90 Å². The maximum absolute atomic E-state index is 14.7. The van der Waals surface area contributed by atoms with Gasteiger partial charge < -0.3 is 30.4 Å². The molecule has 0 bridgehead atoms. The lowest BCUT2D eigenvalue weighted by Gasteiger charge is -2.39. The number of amides is 1. The molecule has 1 amide bonds. The van der Waals surface area contributed by atoms with Gasteiger partial charge in [-0.25, -0.2) is 4.79 Å². The topological polar surface area (TPSA) is 120 Å². The smallest absolute Gasteiger partial charge is 0.398 e. The van der Waals surface area contributed by atoms with E-state index in [9.17, 15) is 36.6 Å². The fourth-order valence-electron chi connectivity index (χ4n) is 6.70. The molecule has 2 aliphatic heterocycles. The Morgan fingerprint density at radius 1 is 1.08 bits per heavy atom. The van der Waals surface area contributed by atoms with E-state index in [-0.39, 0.29) is 42.5 Å². The van der Waals surface area contributed by atoms with Gasteiger partial charge in [-0.05, 0) is 75.7 Å². The van der Waals surface area contributed by atoms with E-state index in [2.05, 4.69) is 11.6 Å². The van der Waals surface area contributed by atoms with E-state index in [4.69, 9.17) is 10.5 Å². The summed E-state index contributed by atoms with van der Waals surface area (Å²) in [4.78, 5) is 34.5. The number of aliphatic hydroxyl groups excluding tert-OH is 1. The number of carbonyl (C=O) groups excluding carboxylic acids is 1. The maximum atomic E-state index is 14.7. The SMILES string of the molecule is C=CC(F)(F)c1cc(C[C@@H](OC(O)N2CCC(n3c(=O)[nH]c4ccccc43)CC2)C(=O)N2CCC(N(C)C)CC2)cc(C(F)(F)F)c1N. The van der Waals surface area contributed by atoms with Crippen LogP contribution < -0.4 is 11.4 Å². The highest BCUT2D eigenvalue weighted by Crippen LogP contribution is 2.42. The van der Waals surface area contributed by atoms with Crippen LogP contribution in [0.1, 0.15) is 48.4 Å². The number of imidazole rings is 1. The Hall–Kier alpha value is -3.79.